The average Bonchev–Trinajstić information content (AvgIpc) is 3.27. The maximum absolute atomic E-state index is 12.9. The van der Waals surface area contributed by atoms with Crippen LogP contribution in [-0.4, -0.2) is 16.1 Å². The minimum atomic E-state index is -0.507. The number of benzene rings is 2. The fourth-order valence-corrected chi connectivity index (χ4v) is 3.15. The van der Waals surface area contributed by atoms with Gasteiger partial charge in [0, 0.05) is 11.6 Å². The van der Waals surface area contributed by atoms with Gasteiger partial charge in [-0.25, -0.2) is 14.2 Å². The zero-order valence-corrected chi connectivity index (χ0v) is 13.6. The molecule has 0 aliphatic rings. The minimum absolute atomic E-state index is 0.0283. The van der Waals surface area contributed by atoms with Crippen molar-refractivity contribution in [2.45, 2.75) is 6.61 Å². The fourth-order valence-electron chi connectivity index (χ4n) is 2.29. The number of fused-ring (bicyclic) bond motifs is 1. The Balaban J connectivity index is 1.44. The highest BCUT2D eigenvalue weighted by Gasteiger charge is 2.15. The first-order valence-electron chi connectivity index (χ1n) is 7.43. The number of rotatable bonds is 4. The molecule has 0 saturated carbocycles. The van der Waals surface area contributed by atoms with E-state index < -0.39 is 5.97 Å². The van der Waals surface area contributed by atoms with Crippen LogP contribution in [0, 0.1) is 5.82 Å². The molecule has 0 saturated heterocycles. The molecule has 0 unspecified atom stereocenters. The number of esters is 1. The zero-order chi connectivity index (χ0) is 17.2. The Bertz CT molecular complexity index is 1010. The smallest absolute Gasteiger partial charge is 0.367 e. The van der Waals surface area contributed by atoms with Gasteiger partial charge < -0.3 is 9.26 Å². The van der Waals surface area contributed by atoms with Crippen molar-refractivity contribution in [3.05, 3.63) is 71.1 Å². The maximum atomic E-state index is 12.9. The Morgan fingerprint density at radius 2 is 1.96 bits per heavy atom. The van der Waals surface area contributed by atoms with E-state index in [0.717, 1.165) is 10.2 Å². The van der Waals surface area contributed by atoms with Gasteiger partial charge in [-0.15, -0.1) is 11.3 Å². The summed E-state index contributed by atoms with van der Waals surface area (Å²) in [5.41, 5.74) is 1.92. The van der Waals surface area contributed by atoms with Gasteiger partial charge in [0.15, 0.2) is 5.76 Å². The summed E-state index contributed by atoms with van der Waals surface area (Å²) in [4.78, 5) is 16.4. The third kappa shape index (κ3) is 3.27. The number of hydrogen-bond donors (Lipinski definition) is 0. The molecule has 0 atom stereocenters. The maximum Gasteiger partial charge on any atom is 0.367 e. The SMILES string of the molecule is O=C(OCc1cc(-c2ccc(F)cc2)on1)c1nc2ccccc2s1. The van der Waals surface area contributed by atoms with E-state index in [1.54, 1.807) is 18.2 Å². The molecule has 0 radical (unpaired) electrons. The monoisotopic (exact) mass is 354 g/mol. The second-order valence-electron chi connectivity index (χ2n) is 5.25. The Labute approximate surface area is 145 Å². The van der Waals surface area contributed by atoms with Crippen molar-refractivity contribution < 1.29 is 18.4 Å². The number of nitrogens with zero attached hydrogens (tertiary/aromatic N) is 2. The molecule has 2 aromatic heterocycles. The zero-order valence-electron chi connectivity index (χ0n) is 12.8. The van der Waals surface area contributed by atoms with Gasteiger partial charge in [-0.05, 0) is 36.4 Å². The predicted molar refractivity (Wildman–Crippen MR) is 90.6 cm³/mol. The van der Waals surface area contributed by atoms with Crippen molar-refractivity contribution >= 4 is 27.5 Å². The lowest BCUT2D eigenvalue weighted by Gasteiger charge is -1.98. The van der Waals surface area contributed by atoms with E-state index in [1.165, 1.54) is 23.5 Å². The molecule has 7 heteroatoms. The van der Waals surface area contributed by atoms with E-state index in [4.69, 9.17) is 9.26 Å². The number of para-hydroxylation sites is 1. The van der Waals surface area contributed by atoms with Crippen LogP contribution in [-0.2, 0) is 11.3 Å². The first-order valence-corrected chi connectivity index (χ1v) is 8.25. The molecule has 0 amide bonds. The van der Waals surface area contributed by atoms with E-state index >= 15 is 0 Å². The summed E-state index contributed by atoms with van der Waals surface area (Å²) >= 11 is 1.28. The van der Waals surface area contributed by atoms with Crippen LogP contribution in [0.15, 0.2) is 59.1 Å². The number of thiazole rings is 1. The lowest BCUT2D eigenvalue weighted by atomic mass is 10.1. The van der Waals surface area contributed by atoms with E-state index in [2.05, 4.69) is 10.1 Å². The summed E-state index contributed by atoms with van der Waals surface area (Å²) in [5.74, 6) is -0.355. The average molecular weight is 354 g/mol. The number of aromatic nitrogens is 2. The molecular formula is C18H11FN2O3S. The lowest BCUT2D eigenvalue weighted by Crippen LogP contribution is -2.04. The number of carbonyl (C=O) groups excluding carboxylic acids is 1. The topological polar surface area (TPSA) is 65.2 Å². The van der Waals surface area contributed by atoms with Gasteiger partial charge in [0.25, 0.3) is 0 Å². The first kappa shape index (κ1) is 15.5. The molecule has 2 aromatic carbocycles. The second kappa shape index (κ2) is 6.45. The highest BCUT2D eigenvalue weighted by atomic mass is 32.1. The lowest BCUT2D eigenvalue weighted by molar-refractivity contribution is 0.0464. The van der Waals surface area contributed by atoms with Crippen LogP contribution in [0.25, 0.3) is 21.5 Å². The predicted octanol–water partition coefficient (Wildman–Crippen LogP) is 4.45. The molecule has 5 nitrogen and oxygen atoms in total. The molecule has 0 aliphatic carbocycles. The summed E-state index contributed by atoms with van der Waals surface area (Å²) in [6.45, 7) is -0.0283. The quantitative estimate of drug-likeness (QED) is 0.507. The van der Waals surface area contributed by atoms with Gasteiger partial charge >= 0.3 is 5.97 Å². The molecule has 0 bridgehead atoms. The van der Waals surface area contributed by atoms with Gasteiger partial charge in [-0.1, -0.05) is 17.3 Å². The summed E-state index contributed by atoms with van der Waals surface area (Å²) in [7, 11) is 0. The van der Waals surface area contributed by atoms with E-state index in [0.29, 0.717) is 22.0 Å². The van der Waals surface area contributed by atoms with E-state index in [-0.39, 0.29) is 12.4 Å². The van der Waals surface area contributed by atoms with Gasteiger partial charge in [-0.3, -0.25) is 0 Å². The third-order valence-electron chi connectivity index (χ3n) is 3.51. The number of halogens is 1. The molecule has 25 heavy (non-hydrogen) atoms. The number of carbonyl (C=O) groups is 1. The number of hydrogen-bond acceptors (Lipinski definition) is 6. The van der Waals surface area contributed by atoms with Crippen molar-refractivity contribution in [3.63, 3.8) is 0 Å². The van der Waals surface area contributed by atoms with Crippen molar-refractivity contribution in [2.75, 3.05) is 0 Å². The van der Waals surface area contributed by atoms with Crippen molar-refractivity contribution in [1.82, 2.24) is 10.1 Å². The summed E-state index contributed by atoms with van der Waals surface area (Å²) in [6.07, 6.45) is 0. The van der Waals surface area contributed by atoms with Gasteiger partial charge in [0.05, 0.1) is 10.2 Å². The standard InChI is InChI=1S/C18H11FN2O3S/c19-12-7-5-11(6-8-12)15-9-13(21-24-15)10-23-18(22)17-20-14-3-1-2-4-16(14)25-17/h1-9H,10H2. The molecule has 0 N–H and O–H groups in total. The van der Waals surface area contributed by atoms with Gasteiger partial charge in [0.1, 0.15) is 18.1 Å². The van der Waals surface area contributed by atoms with Crippen LogP contribution < -0.4 is 0 Å². The Hall–Kier alpha value is -3.06. The molecule has 0 aliphatic heterocycles. The van der Waals surface area contributed by atoms with Crippen LogP contribution in [0.2, 0.25) is 0 Å². The Kier molecular flexibility index (Phi) is 3.99. The molecule has 4 aromatic rings. The highest BCUT2D eigenvalue weighted by Crippen LogP contribution is 2.23. The molecular weight excluding hydrogens is 343 g/mol. The Morgan fingerprint density at radius 3 is 2.76 bits per heavy atom. The molecule has 2 heterocycles. The van der Waals surface area contributed by atoms with Crippen LogP contribution in [0.3, 0.4) is 0 Å². The largest absolute Gasteiger partial charge is 0.454 e. The minimum Gasteiger partial charge on any atom is -0.454 e. The van der Waals surface area contributed by atoms with Crippen molar-refractivity contribution in [2.24, 2.45) is 0 Å². The van der Waals surface area contributed by atoms with Gasteiger partial charge in [-0.2, -0.15) is 0 Å². The third-order valence-corrected chi connectivity index (χ3v) is 4.52. The van der Waals surface area contributed by atoms with Crippen molar-refractivity contribution in [3.8, 4) is 11.3 Å². The summed E-state index contributed by atoms with van der Waals surface area (Å²) in [6, 6.07) is 15.0. The molecule has 124 valence electrons. The highest BCUT2D eigenvalue weighted by molar-refractivity contribution is 7.20. The summed E-state index contributed by atoms with van der Waals surface area (Å²) in [5, 5.41) is 4.16. The normalized spacial score (nSPS) is 10.9. The van der Waals surface area contributed by atoms with Crippen LogP contribution in [0.4, 0.5) is 4.39 Å². The van der Waals surface area contributed by atoms with Gasteiger partial charge in [0.2, 0.25) is 5.01 Å². The fraction of sp³-hybridized carbons (Fsp3) is 0.0556. The molecule has 0 spiro atoms. The van der Waals surface area contributed by atoms with E-state index in [9.17, 15) is 9.18 Å². The Morgan fingerprint density at radius 1 is 1.16 bits per heavy atom. The van der Waals surface area contributed by atoms with Crippen LogP contribution in [0.5, 0.6) is 0 Å². The molecule has 0 fully saturated rings. The van der Waals surface area contributed by atoms with E-state index in [1.807, 2.05) is 24.3 Å². The molecule has 4 rings (SSSR count). The summed E-state index contributed by atoms with van der Waals surface area (Å²) < 4.78 is 24.3. The second-order valence-corrected chi connectivity index (χ2v) is 6.28. The first-order chi connectivity index (χ1) is 12.2. The number of ether oxygens (including phenoxy) is 1. The van der Waals surface area contributed by atoms with Crippen molar-refractivity contribution in [1.29, 1.82) is 0 Å². The van der Waals surface area contributed by atoms with Crippen LogP contribution in [0.1, 0.15) is 15.5 Å². The van der Waals surface area contributed by atoms with Crippen LogP contribution >= 0.6 is 11.3 Å².